The normalized spacial score (nSPS) is 23.3. The van der Waals surface area contributed by atoms with Gasteiger partial charge in [-0.25, -0.2) is 9.67 Å². The van der Waals surface area contributed by atoms with Crippen LogP contribution in [0.1, 0.15) is 38.2 Å². The highest BCUT2D eigenvalue weighted by Crippen LogP contribution is 2.30. The van der Waals surface area contributed by atoms with Gasteiger partial charge in [-0.15, -0.1) is 0 Å². The molecule has 2 aromatic rings. The third-order valence-electron chi connectivity index (χ3n) is 4.04. The van der Waals surface area contributed by atoms with Crippen LogP contribution in [0.2, 0.25) is 0 Å². The Hall–Kier alpha value is -1.80. The van der Waals surface area contributed by atoms with Gasteiger partial charge in [-0.05, 0) is 25.3 Å². The molecule has 0 amide bonds. The molecule has 0 bridgehead atoms. The fourth-order valence-electron chi connectivity index (χ4n) is 3.00. The van der Waals surface area contributed by atoms with E-state index in [1.54, 1.807) is 12.5 Å². The van der Waals surface area contributed by atoms with Crippen LogP contribution in [0, 0.1) is 5.92 Å². The molecule has 8 nitrogen and oxygen atoms in total. The number of hydrogen-bond donors (Lipinski definition) is 2. The number of hydrogen-bond acceptors (Lipinski definition) is 6. The van der Waals surface area contributed by atoms with Crippen LogP contribution >= 0.6 is 0 Å². The quantitative estimate of drug-likeness (QED) is 0.837. The Morgan fingerprint density at radius 3 is 3.05 bits per heavy atom. The molecule has 0 saturated carbocycles. The van der Waals surface area contributed by atoms with Crippen molar-refractivity contribution < 1.29 is 5.11 Å². The summed E-state index contributed by atoms with van der Waals surface area (Å²) in [6.07, 6.45) is 4.83. The van der Waals surface area contributed by atoms with E-state index in [1.165, 1.54) is 0 Å². The van der Waals surface area contributed by atoms with Gasteiger partial charge in [-0.2, -0.15) is 20.5 Å². The third-order valence-corrected chi connectivity index (χ3v) is 4.04. The lowest BCUT2D eigenvalue weighted by Gasteiger charge is -2.37. The van der Waals surface area contributed by atoms with E-state index >= 15 is 0 Å². The highest BCUT2D eigenvalue weighted by Gasteiger charge is 2.37. The number of aromatic amines is 1. The number of nitrogens with zero attached hydrogens (tertiary/aromatic N) is 6. The van der Waals surface area contributed by atoms with E-state index in [2.05, 4.69) is 44.2 Å². The summed E-state index contributed by atoms with van der Waals surface area (Å²) in [7, 11) is 0. The molecule has 1 saturated heterocycles. The number of β-amino-alcohol motifs (C(OH)–C–C–N with tert-alkyl or cyclic N) is 1. The fourth-order valence-corrected chi connectivity index (χ4v) is 3.00. The molecular weight excluding hydrogens is 282 g/mol. The molecule has 0 aromatic carbocycles. The maximum Gasteiger partial charge on any atom is 0.141 e. The zero-order chi connectivity index (χ0) is 15.6. The number of rotatable bonds is 5. The topological polar surface area (TPSA) is 95.8 Å². The Morgan fingerprint density at radius 1 is 1.45 bits per heavy atom. The van der Waals surface area contributed by atoms with Gasteiger partial charge >= 0.3 is 0 Å². The smallest absolute Gasteiger partial charge is 0.141 e. The standard InChI is InChI=1S/C14H23N7O/c1-11(2)7-21-13(15-10-17-21)8-20-5-3-4-14(22,9-20)12-6-16-19-18-12/h6,10-11,22H,3-5,7-9H2,1-2H3,(H,16,18,19)/t14-/m1/s1. The van der Waals surface area contributed by atoms with E-state index in [0.717, 1.165) is 25.3 Å². The molecule has 3 heterocycles. The van der Waals surface area contributed by atoms with Crippen LogP contribution in [0.15, 0.2) is 12.5 Å². The number of aromatic nitrogens is 6. The summed E-state index contributed by atoms with van der Waals surface area (Å²) in [5.41, 5.74) is -0.324. The van der Waals surface area contributed by atoms with E-state index in [9.17, 15) is 5.11 Å². The molecule has 120 valence electrons. The van der Waals surface area contributed by atoms with Gasteiger partial charge in [0.25, 0.3) is 0 Å². The van der Waals surface area contributed by atoms with Crippen LogP contribution in [0.25, 0.3) is 0 Å². The molecule has 1 aliphatic rings. The molecule has 2 N–H and O–H groups in total. The predicted octanol–water partition coefficient (Wildman–Crippen LogP) is 0.536. The Kier molecular flexibility index (Phi) is 4.21. The number of likely N-dealkylation sites (tertiary alicyclic amines) is 1. The molecule has 3 rings (SSSR count). The first kappa shape index (κ1) is 15.1. The minimum absolute atomic E-state index is 0.522. The van der Waals surface area contributed by atoms with Crippen molar-refractivity contribution >= 4 is 0 Å². The zero-order valence-corrected chi connectivity index (χ0v) is 13.1. The molecule has 22 heavy (non-hydrogen) atoms. The Labute approximate surface area is 129 Å². The minimum atomic E-state index is -0.936. The number of aliphatic hydroxyl groups is 1. The molecule has 1 atom stereocenters. The average molecular weight is 305 g/mol. The predicted molar refractivity (Wildman–Crippen MR) is 79.7 cm³/mol. The summed E-state index contributed by atoms with van der Waals surface area (Å²) in [5.74, 6) is 1.46. The zero-order valence-electron chi connectivity index (χ0n) is 13.1. The highest BCUT2D eigenvalue weighted by molar-refractivity contribution is 5.09. The fraction of sp³-hybridized carbons (Fsp3) is 0.714. The second-order valence-electron chi connectivity index (χ2n) is 6.45. The molecule has 1 fully saturated rings. The molecule has 0 spiro atoms. The van der Waals surface area contributed by atoms with Crippen molar-refractivity contribution in [2.45, 2.75) is 45.4 Å². The summed E-state index contributed by atoms with van der Waals surface area (Å²) in [4.78, 5) is 6.58. The van der Waals surface area contributed by atoms with Crippen LogP contribution < -0.4 is 0 Å². The molecule has 0 radical (unpaired) electrons. The summed E-state index contributed by atoms with van der Waals surface area (Å²) in [5, 5.41) is 25.6. The maximum atomic E-state index is 10.8. The molecule has 0 unspecified atom stereocenters. The molecule has 2 aromatic heterocycles. The van der Waals surface area contributed by atoms with E-state index in [1.807, 2.05) is 4.68 Å². The Morgan fingerprint density at radius 2 is 2.32 bits per heavy atom. The number of nitrogens with one attached hydrogen (secondary N) is 1. The van der Waals surface area contributed by atoms with Crippen LogP contribution in [-0.4, -0.2) is 53.3 Å². The van der Waals surface area contributed by atoms with Gasteiger partial charge in [0.2, 0.25) is 0 Å². The van der Waals surface area contributed by atoms with Gasteiger partial charge in [-0.3, -0.25) is 4.90 Å². The highest BCUT2D eigenvalue weighted by atomic mass is 16.3. The van der Waals surface area contributed by atoms with Gasteiger partial charge in [0.1, 0.15) is 23.4 Å². The lowest BCUT2D eigenvalue weighted by Crippen LogP contribution is -2.46. The van der Waals surface area contributed by atoms with Crippen LogP contribution in [0.3, 0.4) is 0 Å². The minimum Gasteiger partial charge on any atom is -0.382 e. The first-order valence-electron chi connectivity index (χ1n) is 7.74. The van der Waals surface area contributed by atoms with Crippen LogP contribution in [0.4, 0.5) is 0 Å². The van der Waals surface area contributed by atoms with Crippen molar-refractivity contribution in [3.63, 3.8) is 0 Å². The average Bonchev–Trinajstić information content (AvgIpc) is 3.11. The van der Waals surface area contributed by atoms with Gasteiger partial charge in [-0.1, -0.05) is 13.8 Å². The van der Waals surface area contributed by atoms with Gasteiger partial charge in [0, 0.05) is 13.1 Å². The largest absolute Gasteiger partial charge is 0.382 e. The van der Waals surface area contributed by atoms with Crippen LogP contribution in [-0.2, 0) is 18.7 Å². The third kappa shape index (κ3) is 3.17. The van der Waals surface area contributed by atoms with Crippen molar-refractivity contribution in [1.29, 1.82) is 0 Å². The lowest BCUT2D eigenvalue weighted by atomic mass is 9.90. The summed E-state index contributed by atoms with van der Waals surface area (Å²) in [6.45, 7) is 7.34. The molecule has 8 heteroatoms. The van der Waals surface area contributed by atoms with Crippen molar-refractivity contribution in [3.8, 4) is 0 Å². The second-order valence-corrected chi connectivity index (χ2v) is 6.45. The van der Waals surface area contributed by atoms with Crippen molar-refractivity contribution in [2.24, 2.45) is 5.92 Å². The Bertz CT molecular complexity index is 594. The molecule has 0 aliphatic carbocycles. The van der Waals surface area contributed by atoms with E-state index < -0.39 is 5.60 Å². The van der Waals surface area contributed by atoms with Gasteiger partial charge in [0.05, 0.1) is 12.7 Å². The monoisotopic (exact) mass is 305 g/mol. The van der Waals surface area contributed by atoms with Crippen molar-refractivity contribution in [3.05, 3.63) is 24.0 Å². The van der Waals surface area contributed by atoms with E-state index in [-0.39, 0.29) is 0 Å². The SMILES string of the molecule is CC(C)Cn1ncnc1CN1CCC[C@](O)(c2cn[nH]n2)C1. The van der Waals surface area contributed by atoms with Crippen LogP contribution in [0.5, 0.6) is 0 Å². The van der Waals surface area contributed by atoms with Crippen molar-refractivity contribution in [2.75, 3.05) is 13.1 Å². The summed E-state index contributed by atoms with van der Waals surface area (Å²) >= 11 is 0. The summed E-state index contributed by atoms with van der Waals surface area (Å²) in [6, 6.07) is 0. The summed E-state index contributed by atoms with van der Waals surface area (Å²) < 4.78 is 1.95. The number of piperidine rings is 1. The second kappa shape index (κ2) is 6.13. The Balaban J connectivity index is 1.70. The number of H-pyrrole nitrogens is 1. The lowest BCUT2D eigenvalue weighted by molar-refractivity contribution is -0.0423. The van der Waals surface area contributed by atoms with Gasteiger partial charge < -0.3 is 5.11 Å². The van der Waals surface area contributed by atoms with Crippen molar-refractivity contribution in [1.82, 2.24) is 35.1 Å². The first-order chi connectivity index (χ1) is 10.6. The molecular formula is C14H23N7O. The van der Waals surface area contributed by atoms with E-state index in [4.69, 9.17) is 0 Å². The van der Waals surface area contributed by atoms with E-state index in [0.29, 0.717) is 31.1 Å². The maximum absolute atomic E-state index is 10.8. The first-order valence-corrected chi connectivity index (χ1v) is 7.74. The molecule has 1 aliphatic heterocycles. The van der Waals surface area contributed by atoms with Gasteiger partial charge in [0.15, 0.2) is 0 Å².